The molecule has 0 aromatic heterocycles. The van der Waals surface area contributed by atoms with Gasteiger partial charge in [0.2, 0.25) is 22.0 Å². The average Bonchev–Trinajstić information content (AvgIpc) is 2.83. The Hall–Kier alpha value is -3.45. The van der Waals surface area contributed by atoms with Crippen LogP contribution in [0.4, 0.5) is 8.78 Å². The van der Waals surface area contributed by atoms with Gasteiger partial charge in [-0.05, 0) is 29.8 Å². The van der Waals surface area contributed by atoms with Gasteiger partial charge in [0, 0.05) is 37.0 Å². The molecule has 0 heterocycles. The van der Waals surface area contributed by atoms with Crippen LogP contribution in [0, 0.1) is 11.6 Å². The second kappa shape index (κ2) is 13.7. The van der Waals surface area contributed by atoms with E-state index in [0.717, 1.165) is 13.2 Å². The van der Waals surface area contributed by atoms with Crippen LogP contribution in [-0.2, 0) is 23.9 Å². The highest BCUT2D eigenvalue weighted by Crippen LogP contribution is 2.31. The van der Waals surface area contributed by atoms with E-state index in [2.05, 4.69) is 15.4 Å². The topological polar surface area (TPSA) is 139 Å². The first-order valence-electron chi connectivity index (χ1n) is 10.7. The first-order valence-corrected chi connectivity index (χ1v) is 12.6. The van der Waals surface area contributed by atoms with E-state index < -0.39 is 57.5 Å². The van der Waals surface area contributed by atoms with E-state index in [1.54, 1.807) is 0 Å². The number of carbonyl (C=O) groups excluding carboxylic acids is 5. The van der Waals surface area contributed by atoms with Gasteiger partial charge < -0.3 is 20.5 Å². The van der Waals surface area contributed by atoms with Gasteiger partial charge in [-0.25, -0.2) is 13.6 Å². The zero-order chi connectivity index (χ0) is 27.7. The van der Waals surface area contributed by atoms with Gasteiger partial charge in [-0.15, -0.1) is 0 Å². The molecule has 0 saturated carbocycles. The number of methoxy groups -OCH3 is 1. The third-order valence-corrected chi connectivity index (χ3v) is 6.81. The molecule has 13 heteroatoms. The van der Waals surface area contributed by atoms with Crippen molar-refractivity contribution < 1.29 is 42.6 Å². The van der Waals surface area contributed by atoms with Crippen molar-refractivity contribution in [1.29, 1.82) is 0 Å². The molecule has 0 aliphatic heterocycles. The lowest BCUT2D eigenvalue weighted by Crippen LogP contribution is -2.44. The number of rotatable bonds is 10. The standard InChI is InChI=1S/C24H24F2N2O7S2/c1-12(29)27-19(22(32)35-3)10-37-24(34)20(28-13(2)30)11-36-23(33)17-8-14(4-7-21(17)31)16-6-5-15(25)9-18(16)26/h4-9,19-20,31H,10-11H2,1-3H3,(H,27,29)(H,28,30)/t19-,20-/m1/s1. The molecule has 0 spiro atoms. The summed E-state index contributed by atoms with van der Waals surface area (Å²) < 4.78 is 32.0. The van der Waals surface area contributed by atoms with Gasteiger partial charge in [0.1, 0.15) is 29.5 Å². The second-order valence-electron chi connectivity index (χ2n) is 7.61. The molecule has 2 rings (SSSR count). The number of hydrogen-bond acceptors (Lipinski definition) is 9. The lowest BCUT2D eigenvalue weighted by Gasteiger charge is -2.18. The lowest BCUT2D eigenvalue weighted by atomic mass is 10.0. The number of esters is 1. The van der Waals surface area contributed by atoms with Crippen LogP contribution in [0.15, 0.2) is 36.4 Å². The van der Waals surface area contributed by atoms with Gasteiger partial charge in [-0.2, -0.15) is 0 Å². The van der Waals surface area contributed by atoms with E-state index >= 15 is 0 Å². The lowest BCUT2D eigenvalue weighted by molar-refractivity contribution is -0.144. The molecule has 0 saturated heterocycles. The van der Waals surface area contributed by atoms with E-state index in [0.29, 0.717) is 29.6 Å². The summed E-state index contributed by atoms with van der Waals surface area (Å²) in [6.07, 6.45) is 0. The number of phenolic OH excluding ortho intramolecular Hbond substituents is 1. The Morgan fingerprint density at radius 3 is 2.14 bits per heavy atom. The van der Waals surface area contributed by atoms with Crippen molar-refractivity contribution in [3.63, 3.8) is 0 Å². The molecule has 0 bridgehead atoms. The predicted molar refractivity (Wildman–Crippen MR) is 135 cm³/mol. The van der Waals surface area contributed by atoms with Crippen molar-refractivity contribution in [2.75, 3.05) is 18.6 Å². The van der Waals surface area contributed by atoms with Crippen LogP contribution in [0.2, 0.25) is 0 Å². The Balaban J connectivity index is 2.14. The Morgan fingerprint density at radius 1 is 0.919 bits per heavy atom. The fraction of sp³-hybridized carbons (Fsp3) is 0.292. The van der Waals surface area contributed by atoms with E-state index in [9.17, 15) is 37.9 Å². The van der Waals surface area contributed by atoms with E-state index in [-0.39, 0.29) is 28.2 Å². The van der Waals surface area contributed by atoms with Crippen LogP contribution in [0.3, 0.4) is 0 Å². The average molecular weight is 555 g/mol. The predicted octanol–water partition coefficient (Wildman–Crippen LogP) is 2.65. The Kier molecular flexibility index (Phi) is 11.1. The number of benzene rings is 2. The summed E-state index contributed by atoms with van der Waals surface area (Å²) in [7, 11) is 1.13. The largest absolute Gasteiger partial charge is 0.507 e. The number of ether oxygens (including phenoxy) is 1. The maximum atomic E-state index is 14.2. The normalized spacial score (nSPS) is 12.2. The molecular formula is C24H24F2N2O7S2. The number of halogens is 2. The Bertz CT molecular complexity index is 1210. The molecule has 3 N–H and O–H groups in total. The van der Waals surface area contributed by atoms with E-state index in [1.165, 1.54) is 38.1 Å². The summed E-state index contributed by atoms with van der Waals surface area (Å²) in [5, 5.41) is 13.7. The maximum Gasteiger partial charge on any atom is 0.329 e. The molecule has 2 atom stereocenters. The van der Waals surface area contributed by atoms with E-state index in [4.69, 9.17) is 0 Å². The summed E-state index contributed by atoms with van der Waals surface area (Å²) in [5.41, 5.74) is 0.0583. The minimum atomic E-state index is -1.15. The number of carbonyl (C=O) groups is 5. The quantitative estimate of drug-likeness (QED) is 0.378. The minimum Gasteiger partial charge on any atom is -0.507 e. The first-order chi connectivity index (χ1) is 17.4. The molecule has 37 heavy (non-hydrogen) atoms. The van der Waals surface area contributed by atoms with Gasteiger partial charge in [0.25, 0.3) is 0 Å². The van der Waals surface area contributed by atoms with Crippen LogP contribution < -0.4 is 10.6 Å². The number of phenols is 1. The number of aromatic hydroxyl groups is 1. The molecule has 2 aromatic rings. The number of amides is 2. The molecule has 0 unspecified atom stereocenters. The number of hydrogen-bond donors (Lipinski definition) is 3. The monoisotopic (exact) mass is 554 g/mol. The molecule has 9 nitrogen and oxygen atoms in total. The van der Waals surface area contributed by atoms with Crippen molar-refractivity contribution in [2.24, 2.45) is 0 Å². The summed E-state index contributed by atoms with van der Waals surface area (Å²) in [6.45, 7) is 2.37. The third-order valence-electron chi connectivity index (χ3n) is 4.76. The molecule has 0 aliphatic carbocycles. The Morgan fingerprint density at radius 2 is 1.54 bits per heavy atom. The molecule has 0 aliphatic rings. The maximum absolute atomic E-state index is 14.2. The van der Waals surface area contributed by atoms with Crippen molar-refractivity contribution in [3.8, 4) is 16.9 Å². The summed E-state index contributed by atoms with van der Waals surface area (Å²) in [4.78, 5) is 60.3. The first kappa shape index (κ1) is 29.8. The summed E-state index contributed by atoms with van der Waals surface area (Å²) in [6, 6.07) is 4.48. The van der Waals surface area contributed by atoms with Gasteiger partial charge in [-0.3, -0.25) is 19.2 Å². The third kappa shape index (κ3) is 8.86. The van der Waals surface area contributed by atoms with Gasteiger partial charge in [0.05, 0.1) is 12.7 Å². The Labute approximate surface area is 219 Å². The molecule has 198 valence electrons. The van der Waals surface area contributed by atoms with Gasteiger partial charge in [-0.1, -0.05) is 29.6 Å². The number of nitrogens with one attached hydrogen (secondary N) is 2. The molecule has 2 amide bonds. The molecule has 0 radical (unpaired) electrons. The minimum absolute atomic E-state index is 0.0162. The summed E-state index contributed by atoms with van der Waals surface area (Å²) in [5.74, 6) is -4.22. The highest BCUT2D eigenvalue weighted by molar-refractivity contribution is 8.15. The van der Waals surface area contributed by atoms with Gasteiger partial charge >= 0.3 is 5.97 Å². The van der Waals surface area contributed by atoms with E-state index in [1.807, 2.05) is 0 Å². The molecule has 0 fully saturated rings. The van der Waals surface area contributed by atoms with Crippen LogP contribution in [-0.4, -0.2) is 63.8 Å². The highest BCUT2D eigenvalue weighted by Gasteiger charge is 2.27. The van der Waals surface area contributed by atoms with Crippen LogP contribution in [0.5, 0.6) is 5.75 Å². The van der Waals surface area contributed by atoms with Crippen molar-refractivity contribution in [1.82, 2.24) is 10.6 Å². The molecule has 2 aromatic carbocycles. The zero-order valence-electron chi connectivity index (χ0n) is 20.0. The fourth-order valence-electron chi connectivity index (χ4n) is 3.06. The SMILES string of the molecule is COC(=O)[C@@H](CSC(=O)[C@@H](CSC(=O)c1cc(-c2ccc(F)cc2F)ccc1O)NC(C)=O)NC(C)=O. The zero-order valence-corrected chi connectivity index (χ0v) is 21.6. The van der Waals surface area contributed by atoms with Crippen LogP contribution in [0.25, 0.3) is 11.1 Å². The highest BCUT2D eigenvalue weighted by atomic mass is 32.2. The van der Waals surface area contributed by atoms with Crippen molar-refractivity contribution in [2.45, 2.75) is 25.9 Å². The van der Waals surface area contributed by atoms with Crippen LogP contribution in [0.1, 0.15) is 24.2 Å². The fourth-order valence-corrected chi connectivity index (χ4v) is 4.93. The van der Waals surface area contributed by atoms with Crippen molar-refractivity contribution in [3.05, 3.63) is 53.6 Å². The summed E-state index contributed by atoms with van der Waals surface area (Å²) >= 11 is 1.28. The molecular weight excluding hydrogens is 530 g/mol. The van der Waals surface area contributed by atoms with Gasteiger partial charge in [0.15, 0.2) is 0 Å². The van der Waals surface area contributed by atoms with Crippen molar-refractivity contribution >= 4 is 51.5 Å². The van der Waals surface area contributed by atoms with Crippen LogP contribution >= 0.6 is 23.5 Å². The smallest absolute Gasteiger partial charge is 0.329 e. The number of thioether (sulfide) groups is 2. The second-order valence-corrected chi connectivity index (χ2v) is 9.63.